The van der Waals surface area contributed by atoms with E-state index in [1.54, 1.807) is 18.2 Å². The number of benzene rings is 3. The van der Waals surface area contributed by atoms with Gasteiger partial charge in [0, 0.05) is 11.6 Å². The highest BCUT2D eigenvalue weighted by Gasteiger charge is 2.35. The molecule has 8 heteroatoms. The summed E-state index contributed by atoms with van der Waals surface area (Å²) in [5.41, 5.74) is 4.20. The van der Waals surface area contributed by atoms with Gasteiger partial charge in [-0.25, -0.2) is 14.9 Å². The number of carbonyl (C=O) groups excluding carboxylic acids is 1. The van der Waals surface area contributed by atoms with Gasteiger partial charge in [0.25, 0.3) is 11.6 Å². The first-order chi connectivity index (χ1) is 15.9. The van der Waals surface area contributed by atoms with Crippen LogP contribution in [0.1, 0.15) is 22.3 Å². The maximum Gasteiger partial charge on any atom is 0.284 e. The minimum atomic E-state index is -0.469. The highest BCUT2D eigenvalue weighted by Crippen LogP contribution is 2.35. The minimum Gasteiger partial charge on any atom is -0.266 e. The van der Waals surface area contributed by atoms with Crippen LogP contribution in [0.25, 0.3) is 16.3 Å². The molecule has 0 radical (unpaired) electrons. The maximum atomic E-state index is 13.5. The van der Waals surface area contributed by atoms with Gasteiger partial charge in [-0.3, -0.25) is 14.9 Å². The molecule has 5 rings (SSSR count). The lowest BCUT2D eigenvalue weighted by atomic mass is 10.1. The average Bonchev–Trinajstić information content (AvgIpc) is 3.35. The van der Waals surface area contributed by atoms with E-state index in [0.717, 1.165) is 26.9 Å². The summed E-state index contributed by atoms with van der Waals surface area (Å²) in [6.45, 7) is 4.07. The lowest BCUT2D eigenvalue weighted by Crippen LogP contribution is -2.32. The van der Waals surface area contributed by atoms with Gasteiger partial charge in [0.05, 0.1) is 20.7 Å². The quantitative estimate of drug-likeness (QED) is 0.226. The molecule has 0 fully saturated rings. The van der Waals surface area contributed by atoms with Gasteiger partial charge in [0.2, 0.25) is 0 Å². The molecule has 3 aromatic carbocycles. The second-order valence-electron chi connectivity index (χ2n) is 7.69. The van der Waals surface area contributed by atoms with E-state index < -0.39 is 4.92 Å². The second-order valence-corrected chi connectivity index (χ2v) is 8.70. The number of rotatable bonds is 4. The van der Waals surface area contributed by atoms with Crippen molar-refractivity contribution in [3.05, 3.63) is 105 Å². The second kappa shape index (κ2) is 8.07. The van der Waals surface area contributed by atoms with Crippen molar-refractivity contribution in [3.63, 3.8) is 0 Å². The normalized spacial score (nSPS) is 14.8. The summed E-state index contributed by atoms with van der Waals surface area (Å²) in [5.74, 6) is 0.0671. The number of fused-ring (bicyclic) bond motifs is 1. The molecular weight excluding hydrogens is 436 g/mol. The van der Waals surface area contributed by atoms with Gasteiger partial charge in [-0.05, 0) is 49.2 Å². The smallest absolute Gasteiger partial charge is 0.266 e. The van der Waals surface area contributed by atoms with Gasteiger partial charge in [-0.1, -0.05) is 53.8 Å². The molecule has 0 saturated carbocycles. The molecule has 0 aliphatic carbocycles. The predicted molar refractivity (Wildman–Crippen MR) is 131 cm³/mol. The molecule has 2 heterocycles. The number of nitrogens with zero attached hydrogens (tertiary/aromatic N) is 4. The van der Waals surface area contributed by atoms with Crippen molar-refractivity contribution in [3.8, 4) is 0 Å². The third-order valence-corrected chi connectivity index (χ3v) is 6.51. The Hall–Kier alpha value is -4.17. The molecule has 162 valence electrons. The monoisotopic (exact) mass is 454 g/mol. The van der Waals surface area contributed by atoms with Gasteiger partial charge in [0.15, 0.2) is 5.13 Å². The van der Waals surface area contributed by atoms with Crippen molar-refractivity contribution in [1.82, 2.24) is 4.98 Å². The number of nitro groups is 1. The van der Waals surface area contributed by atoms with Crippen LogP contribution < -0.4 is 4.90 Å². The van der Waals surface area contributed by atoms with Gasteiger partial charge < -0.3 is 0 Å². The number of aliphatic imine (C=N–C) groups is 1. The van der Waals surface area contributed by atoms with E-state index in [1.165, 1.54) is 28.4 Å². The van der Waals surface area contributed by atoms with Crippen LogP contribution in [0.2, 0.25) is 0 Å². The largest absolute Gasteiger partial charge is 0.284 e. The third-order valence-electron chi connectivity index (χ3n) is 5.50. The highest BCUT2D eigenvalue weighted by atomic mass is 32.1. The number of anilines is 1. The molecule has 7 nitrogen and oxygen atoms in total. The number of thiazole rings is 1. The van der Waals surface area contributed by atoms with E-state index >= 15 is 0 Å². The standard InChI is InChI=1S/C25H18N4O3S/c1-15-12-19-22(13-16(15)2)33-25(27-19)28-23(17-8-4-3-5-9-17)26-20(24(28)30)14-18-10-6-7-11-21(18)29(31)32/h3-14H,1-2H3. The van der Waals surface area contributed by atoms with Crippen LogP contribution in [-0.2, 0) is 4.79 Å². The summed E-state index contributed by atoms with van der Waals surface area (Å²) in [4.78, 5) is 35.3. The van der Waals surface area contributed by atoms with Gasteiger partial charge in [-0.2, -0.15) is 0 Å². The lowest BCUT2D eigenvalue weighted by molar-refractivity contribution is -0.385. The predicted octanol–water partition coefficient (Wildman–Crippen LogP) is 5.66. The van der Waals surface area contributed by atoms with Gasteiger partial charge in [-0.15, -0.1) is 0 Å². The van der Waals surface area contributed by atoms with Crippen molar-refractivity contribution in [2.75, 3.05) is 4.90 Å². The topological polar surface area (TPSA) is 88.7 Å². The Labute approximate surface area is 193 Å². The van der Waals surface area contributed by atoms with Crippen LogP contribution in [0.4, 0.5) is 10.8 Å². The van der Waals surface area contributed by atoms with Crippen LogP contribution in [0, 0.1) is 24.0 Å². The van der Waals surface area contributed by atoms with E-state index in [0.29, 0.717) is 16.5 Å². The number of carbonyl (C=O) groups is 1. The minimum absolute atomic E-state index is 0.0846. The van der Waals surface area contributed by atoms with Crippen molar-refractivity contribution >= 4 is 50.2 Å². The molecule has 0 N–H and O–H groups in total. The molecule has 0 bridgehead atoms. The first kappa shape index (κ1) is 20.7. The Morgan fingerprint density at radius 3 is 2.45 bits per heavy atom. The summed E-state index contributed by atoms with van der Waals surface area (Å²) in [7, 11) is 0. The van der Waals surface area contributed by atoms with E-state index in [9.17, 15) is 14.9 Å². The van der Waals surface area contributed by atoms with Crippen molar-refractivity contribution in [2.24, 2.45) is 4.99 Å². The SMILES string of the molecule is Cc1cc2nc(N3C(=O)C(=Cc4ccccc4[N+](=O)[O-])N=C3c3ccccc3)sc2cc1C. The first-order valence-corrected chi connectivity index (χ1v) is 11.1. The Morgan fingerprint density at radius 1 is 1.00 bits per heavy atom. The zero-order valence-electron chi connectivity index (χ0n) is 17.9. The Bertz CT molecular complexity index is 1450. The molecule has 1 aliphatic heterocycles. The molecule has 33 heavy (non-hydrogen) atoms. The van der Waals surface area contributed by atoms with Crippen LogP contribution in [-0.4, -0.2) is 21.7 Å². The molecule has 0 saturated heterocycles. The Morgan fingerprint density at radius 2 is 1.70 bits per heavy atom. The molecule has 1 aliphatic rings. The van der Waals surface area contributed by atoms with Crippen LogP contribution >= 0.6 is 11.3 Å². The molecule has 0 unspecified atom stereocenters. The third kappa shape index (κ3) is 3.70. The van der Waals surface area contributed by atoms with Crippen molar-refractivity contribution in [1.29, 1.82) is 0 Å². The van der Waals surface area contributed by atoms with Crippen molar-refractivity contribution in [2.45, 2.75) is 13.8 Å². The first-order valence-electron chi connectivity index (χ1n) is 10.2. The number of aromatic nitrogens is 1. The average molecular weight is 455 g/mol. The lowest BCUT2D eigenvalue weighted by Gasteiger charge is -2.14. The fourth-order valence-electron chi connectivity index (χ4n) is 3.66. The zero-order valence-corrected chi connectivity index (χ0v) is 18.7. The highest BCUT2D eigenvalue weighted by molar-refractivity contribution is 7.22. The molecule has 0 spiro atoms. The summed E-state index contributed by atoms with van der Waals surface area (Å²) in [5, 5.41) is 11.9. The van der Waals surface area contributed by atoms with E-state index in [4.69, 9.17) is 4.98 Å². The number of aryl methyl sites for hydroxylation is 2. The van der Waals surface area contributed by atoms with Gasteiger partial charge in [0.1, 0.15) is 11.5 Å². The maximum absolute atomic E-state index is 13.5. The van der Waals surface area contributed by atoms with Gasteiger partial charge >= 0.3 is 0 Å². The van der Waals surface area contributed by atoms with Crippen LogP contribution in [0.15, 0.2) is 77.4 Å². The fourth-order valence-corrected chi connectivity index (χ4v) is 4.71. The summed E-state index contributed by atoms with van der Waals surface area (Å²) < 4.78 is 0.976. The van der Waals surface area contributed by atoms with Crippen molar-refractivity contribution < 1.29 is 9.72 Å². The number of amidine groups is 1. The molecule has 1 amide bonds. The number of nitro benzene ring substituents is 1. The van der Waals surface area contributed by atoms with E-state index in [1.807, 2.05) is 50.2 Å². The number of hydrogen-bond acceptors (Lipinski definition) is 6. The van der Waals surface area contributed by atoms with E-state index in [-0.39, 0.29) is 17.3 Å². The molecule has 4 aromatic rings. The Balaban J connectivity index is 1.66. The summed E-state index contributed by atoms with van der Waals surface area (Å²) in [6.07, 6.45) is 1.46. The number of para-hydroxylation sites is 1. The van der Waals surface area contributed by atoms with Crippen LogP contribution in [0.5, 0.6) is 0 Å². The molecule has 1 aromatic heterocycles. The summed E-state index contributed by atoms with van der Waals surface area (Å²) >= 11 is 1.41. The Kier molecular flexibility index (Phi) is 5.07. The molecule has 0 atom stereocenters. The fraction of sp³-hybridized carbons (Fsp3) is 0.0800. The molecular formula is C25H18N4O3S. The zero-order chi connectivity index (χ0) is 23.1. The number of amides is 1. The number of hydrogen-bond donors (Lipinski definition) is 0. The van der Waals surface area contributed by atoms with E-state index in [2.05, 4.69) is 11.1 Å². The van der Waals surface area contributed by atoms with Crippen LogP contribution in [0.3, 0.4) is 0 Å². The summed E-state index contributed by atoms with van der Waals surface area (Å²) in [6, 6.07) is 19.7.